The first kappa shape index (κ1) is 25.1. The van der Waals surface area contributed by atoms with Crippen LogP contribution in [0, 0.1) is 5.82 Å². The van der Waals surface area contributed by atoms with Crippen LogP contribution in [-0.4, -0.2) is 62.6 Å². The van der Waals surface area contributed by atoms with Crippen molar-refractivity contribution in [1.29, 1.82) is 0 Å². The summed E-state index contributed by atoms with van der Waals surface area (Å²) in [6.07, 6.45) is 4.84. The summed E-state index contributed by atoms with van der Waals surface area (Å²) in [6, 6.07) is 5.78. The Balaban J connectivity index is 0.00000392. The molecule has 0 unspecified atom stereocenters. The van der Waals surface area contributed by atoms with E-state index in [0.29, 0.717) is 19.1 Å². The van der Waals surface area contributed by atoms with Crippen LogP contribution in [0.3, 0.4) is 0 Å². The van der Waals surface area contributed by atoms with Crippen LogP contribution in [0.2, 0.25) is 0 Å². The van der Waals surface area contributed by atoms with E-state index in [2.05, 4.69) is 27.4 Å². The number of nitrogens with one attached hydrogen (secondary N) is 2. The van der Waals surface area contributed by atoms with E-state index in [-0.39, 0.29) is 29.8 Å². The first-order valence-corrected chi connectivity index (χ1v) is 10.1. The van der Waals surface area contributed by atoms with Gasteiger partial charge in [0.25, 0.3) is 0 Å². The second kappa shape index (κ2) is 13.3. The van der Waals surface area contributed by atoms with Crippen molar-refractivity contribution in [2.45, 2.75) is 51.7 Å². The zero-order chi connectivity index (χ0) is 19.6. The van der Waals surface area contributed by atoms with Crippen LogP contribution >= 0.6 is 24.0 Å². The van der Waals surface area contributed by atoms with Crippen LogP contribution in [0.15, 0.2) is 23.2 Å². The Hall–Kier alpha value is -0.930. The van der Waals surface area contributed by atoms with Crippen molar-refractivity contribution in [3.05, 3.63) is 35.1 Å². The van der Waals surface area contributed by atoms with Gasteiger partial charge < -0.3 is 20.4 Å². The van der Waals surface area contributed by atoms with Crippen LogP contribution < -0.4 is 10.6 Å². The zero-order valence-corrected chi connectivity index (χ0v) is 20.1. The first-order valence-electron chi connectivity index (χ1n) is 10.1. The van der Waals surface area contributed by atoms with Gasteiger partial charge in [0, 0.05) is 44.8 Å². The number of likely N-dealkylation sites (tertiary alicyclic amines) is 1. The van der Waals surface area contributed by atoms with Gasteiger partial charge in [0.1, 0.15) is 5.82 Å². The van der Waals surface area contributed by atoms with Gasteiger partial charge in [-0.2, -0.15) is 0 Å². The Kier molecular flexibility index (Phi) is 11.9. The molecule has 1 aliphatic rings. The van der Waals surface area contributed by atoms with Gasteiger partial charge in [-0.25, -0.2) is 4.39 Å². The van der Waals surface area contributed by atoms with E-state index < -0.39 is 0 Å². The minimum atomic E-state index is -0.148. The fourth-order valence-corrected chi connectivity index (χ4v) is 3.46. The van der Waals surface area contributed by atoms with Crippen molar-refractivity contribution < 1.29 is 4.39 Å². The molecule has 2 N–H and O–H groups in total. The van der Waals surface area contributed by atoms with Crippen molar-refractivity contribution in [2.75, 3.05) is 40.8 Å². The minimum Gasteiger partial charge on any atom is -0.354 e. The van der Waals surface area contributed by atoms with E-state index >= 15 is 0 Å². The summed E-state index contributed by atoms with van der Waals surface area (Å²) < 4.78 is 13.9. The van der Waals surface area contributed by atoms with Crippen LogP contribution in [0.1, 0.15) is 43.7 Å². The lowest BCUT2D eigenvalue weighted by Crippen LogP contribution is -2.48. The largest absolute Gasteiger partial charge is 0.354 e. The summed E-state index contributed by atoms with van der Waals surface area (Å²) >= 11 is 0. The third-order valence-corrected chi connectivity index (χ3v) is 5.04. The molecule has 1 heterocycles. The quantitative estimate of drug-likeness (QED) is 0.323. The molecule has 1 aromatic carbocycles. The van der Waals surface area contributed by atoms with Gasteiger partial charge in [-0.15, -0.1) is 24.0 Å². The standard InChI is InChI=1S/C21H36FN5.HI/c1-5-6-11-27-12-9-19(10-13-27)25-21(23-2)24-15-17-7-8-20(22)18(14-17)16-26(3)4;/h7-8,14,19H,5-6,9-13,15-16H2,1-4H3,(H2,23,24,25);1H. The molecule has 1 saturated heterocycles. The molecule has 7 heteroatoms. The number of guanidine groups is 1. The van der Waals surface area contributed by atoms with Crippen LogP contribution in [0.4, 0.5) is 4.39 Å². The highest BCUT2D eigenvalue weighted by atomic mass is 127. The maximum absolute atomic E-state index is 13.9. The molecule has 5 nitrogen and oxygen atoms in total. The van der Waals surface area contributed by atoms with E-state index in [9.17, 15) is 4.39 Å². The molecule has 0 aromatic heterocycles. The average molecular weight is 505 g/mol. The molecule has 0 atom stereocenters. The fraction of sp³-hybridized carbons (Fsp3) is 0.667. The number of hydrogen-bond acceptors (Lipinski definition) is 3. The predicted octanol–water partition coefficient (Wildman–Crippen LogP) is 3.43. The van der Waals surface area contributed by atoms with Gasteiger partial charge >= 0.3 is 0 Å². The molecular formula is C21H37FIN5. The van der Waals surface area contributed by atoms with Gasteiger partial charge in [-0.05, 0) is 57.6 Å². The van der Waals surface area contributed by atoms with E-state index in [4.69, 9.17) is 0 Å². The maximum atomic E-state index is 13.9. The maximum Gasteiger partial charge on any atom is 0.191 e. The number of benzene rings is 1. The Bertz CT molecular complexity index is 600. The molecule has 0 aliphatic carbocycles. The van der Waals surface area contributed by atoms with Gasteiger partial charge in [-0.3, -0.25) is 4.99 Å². The van der Waals surface area contributed by atoms with Crippen LogP contribution in [-0.2, 0) is 13.1 Å². The number of unbranched alkanes of at least 4 members (excludes halogenated alkanes) is 1. The summed E-state index contributed by atoms with van der Waals surface area (Å²) in [5.74, 6) is 0.672. The van der Waals surface area contributed by atoms with E-state index in [1.165, 1.54) is 19.4 Å². The molecule has 1 aliphatic heterocycles. The second-order valence-electron chi connectivity index (χ2n) is 7.70. The molecule has 28 heavy (non-hydrogen) atoms. The summed E-state index contributed by atoms with van der Waals surface area (Å²) in [4.78, 5) is 8.89. The number of halogens is 2. The number of hydrogen-bond donors (Lipinski definition) is 2. The molecule has 1 fully saturated rings. The zero-order valence-electron chi connectivity index (χ0n) is 17.8. The lowest BCUT2D eigenvalue weighted by Gasteiger charge is -2.33. The number of aliphatic imine (C=N–C) groups is 1. The lowest BCUT2D eigenvalue weighted by molar-refractivity contribution is 0.203. The smallest absolute Gasteiger partial charge is 0.191 e. The average Bonchev–Trinajstić information content (AvgIpc) is 2.66. The number of piperidine rings is 1. The van der Waals surface area contributed by atoms with E-state index in [1.54, 1.807) is 13.1 Å². The molecular weight excluding hydrogens is 468 g/mol. The summed E-state index contributed by atoms with van der Waals surface area (Å²) in [5, 5.41) is 6.91. The summed E-state index contributed by atoms with van der Waals surface area (Å²) in [7, 11) is 5.70. The van der Waals surface area contributed by atoms with Crippen molar-refractivity contribution in [2.24, 2.45) is 4.99 Å². The lowest BCUT2D eigenvalue weighted by atomic mass is 10.0. The molecule has 2 rings (SSSR count). The molecule has 0 radical (unpaired) electrons. The highest BCUT2D eigenvalue weighted by Crippen LogP contribution is 2.13. The highest BCUT2D eigenvalue weighted by Gasteiger charge is 2.19. The Morgan fingerprint density at radius 3 is 2.61 bits per heavy atom. The number of rotatable bonds is 8. The van der Waals surface area contributed by atoms with Gasteiger partial charge in [0.2, 0.25) is 0 Å². The Morgan fingerprint density at radius 2 is 2.00 bits per heavy atom. The SMILES string of the molecule is CCCCN1CCC(NC(=NC)NCc2ccc(F)c(CN(C)C)c2)CC1.I. The first-order chi connectivity index (χ1) is 13.0. The van der Waals surface area contributed by atoms with Crippen molar-refractivity contribution in [1.82, 2.24) is 20.4 Å². The highest BCUT2D eigenvalue weighted by molar-refractivity contribution is 14.0. The van der Waals surface area contributed by atoms with Crippen LogP contribution in [0.5, 0.6) is 0 Å². The summed E-state index contributed by atoms with van der Waals surface area (Å²) in [6.45, 7) is 7.00. The van der Waals surface area contributed by atoms with E-state index in [0.717, 1.165) is 43.0 Å². The van der Waals surface area contributed by atoms with Gasteiger partial charge in [0.05, 0.1) is 0 Å². The topological polar surface area (TPSA) is 42.9 Å². The minimum absolute atomic E-state index is 0. The molecule has 0 bridgehead atoms. The molecule has 0 saturated carbocycles. The fourth-order valence-electron chi connectivity index (χ4n) is 3.46. The van der Waals surface area contributed by atoms with Gasteiger partial charge in [0.15, 0.2) is 5.96 Å². The number of nitrogens with zero attached hydrogens (tertiary/aromatic N) is 3. The normalized spacial score (nSPS) is 16.1. The van der Waals surface area contributed by atoms with Crippen LogP contribution in [0.25, 0.3) is 0 Å². The molecule has 0 amide bonds. The Labute approximate surface area is 187 Å². The second-order valence-corrected chi connectivity index (χ2v) is 7.70. The van der Waals surface area contributed by atoms with Crippen molar-refractivity contribution >= 4 is 29.9 Å². The van der Waals surface area contributed by atoms with Crippen molar-refractivity contribution in [3.8, 4) is 0 Å². The van der Waals surface area contributed by atoms with E-state index in [1.807, 2.05) is 31.1 Å². The molecule has 160 valence electrons. The van der Waals surface area contributed by atoms with Gasteiger partial charge in [-0.1, -0.05) is 19.4 Å². The third-order valence-electron chi connectivity index (χ3n) is 5.04. The third kappa shape index (κ3) is 8.61. The molecule has 0 spiro atoms. The summed E-state index contributed by atoms with van der Waals surface area (Å²) in [5.41, 5.74) is 1.78. The molecule has 1 aromatic rings. The monoisotopic (exact) mass is 505 g/mol. The van der Waals surface area contributed by atoms with Crippen molar-refractivity contribution in [3.63, 3.8) is 0 Å². The Morgan fingerprint density at radius 1 is 1.29 bits per heavy atom. The predicted molar refractivity (Wildman–Crippen MR) is 127 cm³/mol.